The molecule has 0 spiro atoms. The van der Waals surface area contributed by atoms with Gasteiger partial charge < -0.3 is 46.1 Å². The Labute approximate surface area is 344 Å². The van der Waals surface area contributed by atoms with Gasteiger partial charge in [-0.25, -0.2) is 4.79 Å². The number of benzene rings is 3. The van der Waals surface area contributed by atoms with Crippen LogP contribution in [0, 0.1) is 0 Å². The molecule has 13 nitrogen and oxygen atoms in total. The number of aliphatic hydroxyl groups is 1. The number of piperidine rings is 1. The number of fused-ring (bicyclic) bond motifs is 1. The normalized spacial score (nSPS) is 18.9. The lowest BCUT2D eigenvalue weighted by molar-refractivity contribution is -0.130. The van der Waals surface area contributed by atoms with Crippen LogP contribution in [0.3, 0.4) is 0 Å². The van der Waals surface area contributed by atoms with E-state index in [1.165, 1.54) is 12.1 Å². The summed E-state index contributed by atoms with van der Waals surface area (Å²) in [4.78, 5) is 55.6. The van der Waals surface area contributed by atoms with Crippen molar-refractivity contribution in [2.24, 2.45) is 0 Å². The predicted molar refractivity (Wildman–Crippen MR) is 229 cm³/mol. The van der Waals surface area contributed by atoms with Crippen molar-refractivity contribution in [2.45, 2.75) is 81.6 Å². The largest absolute Gasteiger partial charge is 0.506 e. The minimum absolute atomic E-state index is 0.0112. The summed E-state index contributed by atoms with van der Waals surface area (Å²) in [5.41, 5.74) is 2.56. The number of amides is 3. The summed E-state index contributed by atoms with van der Waals surface area (Å²) < 4.78 is 5.77. The van der Waals surface area contributed by atoms with E-state index in [0.717, 1.165) is 37.1 Å². The van der Waals surface area contributed by atoms with Crippen molar-refractivity contribution in [3.8, 4) is 5.75 Å². The van der Waals surface area contributed by atoms with Crippen LogP contribution in [0.2, 0.25) is 0 Å². The van der Waals surface area contributed by atoms with Crippen molar-refractivity contribution in [1.82, 2.24) is 25.8 Å². The number of alkyl carbamates (subject to hydrolysis) is 1. The topological polar surface area (TPSA) is 185 Å². The smallest absolute Gasteiger partial charge is 0.407 e. The number of allylic oxidation sites excluding steroid dienone is 2. The molecule has 3 amide bonds. The first-order valence-electron chi connectivity index (χ1n) is 20.5. The lowest BCUT2D eigenvalue weighted by Gasteiger charge is -2.40. The number of hydrogen-bond donors (Lipinski definition) is 7. The molecule has 13 heteroatoms. The van der Waals surface area contributed by atoms with Gasteiger partial charge in [0.15, 0.2) is 0 Å². The molecule has 2 aliphatic rings. The van der Waals surface area contributed by atoms with E-state index in [1.807, 2.05) is 79.7 Å². The fourth-order valence-electron chi connectivity index (χ4n) is 7.99. The van der Waals surface area contributed by atoms with Crippen LogP contribution in [0.1, 0.15) is 68.2 Å². The summed E-state index contributed by atoms with van der Waals surface area (Å²) in [6.07, 6.45) is 10.0. The van der Waals surface area contributed by atoms with Crippen molar-refractivity contribution in [1.29, 1.82) is 0 Å². The number of rotatable bonds is 17. The van der Waals surface area contributed by atoms with Crippen LogP contribution in [-0.2, 0) is 26.2 Å². The van der Waals surface area contributed by atoms with Gasteiger partial charge in [-0.2, -0.15) is 0 Å². The molecule has 59 heavy (non-hydrogen) atoms. The van der Waals surface area contributed by atoms with Gasteiger partial charge >= 0.3 is 6.09 Å². The first kappa shape index (κ1) is 42.8. The van der Waals surface area contributed by atoms with E-state index in [0.29, 0.717) is 42.4 Å². The molecule has 312 valence electrons. The highest BCUT2D eigenvalue weighted by molar-refractivity contribution is 5.91. The third-order valence-electron chi connectivity index (χ3n) is 11.3. The molecule has 0 bridgehead atoms. The van der Waals surface area contributed by atoms with Gasteiger partial charge in [0.05, 0.1) is 17.7 Å². The van der Waals surface area contributed by atoms with E-state index in [2.05, 4.69) is 32.3 Å². The number of H-pyrrole nitrogens is 1. The van der Waals surface area contributed by atoms with Crippen molar-refractivity contribution in [2.75, 3.05) is 38.5 Å². The number of aromatic hydroxyl groups is 1. The minimum Gasteiger partial charge on any atom is -0.506 e. The summed E-state index contributed by atoms with van der Waals surface area (Å²) in [7, 11) is 1.75. The maximum Gasteiger partial charge on any atom is 0.407 e. The highest BCUT2D eigenvalue weighted by Crippen LogP contribution is 2.38. The molecular formula is C46H56N6O7. The summed E-state index contributed by atoms with van der Waals surface area (Å²) in [6.45, 7) is 4.31. The van der Waals surface area contributed by atoms with Crippen molar-refractivity contribution in [3.05, 3.63) is 130 Å². The molecular weight excluding hydrogens is 749 g/mol. The molecule has 1 aliphatic carbocycles. The van der Waals surface area contributed by atoms with E-state index >= 15 is 0 Å². The molecule has 1 aromatic heterocycles. The number of carbonyl (C=O) groups excluding carboxylic acids is 3. The molecule has 4 aromatic rings. The lowest BCUT2D eigenvalue weighted by Crippen LogP contribution is -2.51. The van der Waals surface area contributed by atoms with Crippen LogP contribution in [0.5, 0.6) is 5.75 Å². The molecule has 6 rings (SSSR count). The number of anilines is 1. The number of ether oxygens (including phenoxy) is 1. The third kappa shape index (κ3) is 11.5. The Morgan fingerprint density at radius 3 is 2.58 bits per heavy atom. The van der Waals surface area contributed by atoms with Crippen LogP contribution in [0.25, 0.3) is 10.9 Å². The number of pyridine rings is 1. The van der Waals surface area contributed by atoms with E-state index in [9.17, 15) is 29.4 Å². The zero-order chi connectivity index (χ0) is 41.8. The van der Waals surface area contributed by atoms with Gasteiger partial charge in [0, 0.05) is 61.6 Å². The Balaban J connectivity index is 0.957. The summed E-state index contributed by atoms with van der Waals surface area (Å²) in [5, 5.41) is 34.4. The quantitative estimate of drug-likeness (QED) is 0.0739. The fraction of sp³-hybridized carbons (Fsp3) is 0.391. The molecule has 2 heterocycles. The number of aromatic amines is 1. The summed E-state index contributed by atoms with van der Waals surface area (Å²) in [5.74, 6) is -0.252. The minimum atomic E-state index is -0.875. The van der Waals surface area contributed by atoms with Gasteiger partial charge in [0.1, 0.15) is 11.9 Å². The van der Waals surface area contributed by atoms with Gasteiger partial charge in [0.25, 0.3) is 0 Å². The average Bonchev–Trinajstić information content (AvgIpc) is 3.23. The highest BCUT2D eigenvalue weighted by atomic mass is 16.6. The van der Waals surface area contributed by atoms with Crippen LogP contribution >= 0.6 is 0 Å². The molecule has 3 unspecified atom stereocenters. The maximum absolute atomic E-state index is 13.5. The molecule has 7 N–H and O–H groups in total. The van der Waals surface area contributed by atoms with Crippen LogP contribution in [-0.4, -0.2) is 89.4 Å². The number of aliphatic hydroxyl groups excluding tert-OH is 1. The number of phenols is 1. The second-order valence-corrected chi connectivity index (χ2v) is 15.6. The highest BCUT2D eigenvalue weighted by Gasteiger charge is 2.40. The van der Waals surface area contributed by atoms with Crippen molar-refractivity contribution < 1.29 is 29.3 Å². The predicted octanol–water partition coefficient (Wildman–Crippen LogP) is 5.36. The van der Waals surface area contributed by atoms with Gasteiger partial charge in [-0.05, 0) is 93.1 Å². The number of carbonyl (C=O) groups is 3. The van der Waals surface area contributed by atoms with Crippen LogP contribution < -0.4 is 26.8 Å². The Kier molecular flexibility index (Phi) is 14.7. The number of phenolic OH excluding ortho intramolecular Hbond substituents is 1. The molecule has 0 radical (unpaired) electrons. The van der Waals surface area contributed by atoms with E-state index in [1.54, 1.807) is 24.1 Å². The second-order valence-electron chi connectivity index (χ2n) is 15.6. The van der Waals surface area contributed by atoms with E-state index in [-0.39, 0.29) is 60.2 Å². The zero-order valence-electron chi connectivity index (χ0n) is 33.8. The molecule has 1 saturated heterocycles. The molecule has 4 atom stereocenters. The SMILES string of the molecule is CC(Cc1cccc(NC(=O)CCCN(C)C(=O)CCC2(c3ccccc3)C=CC=CC2NC(=O)OC2CCNCC2)c1)NC[C@H](O)c1ccc(O)c2[nH]c(=O)ccc12. The average molecular weight is 805 g/mol. The lowest BCUT2D eigenvalue weighted by atomic mass is 9.69. The van der Waals surface area contributed by atoms with Crippen LogP contribution in [0.4, 0.5) is 10.5 Å². The monoisotopic (exact) mass is 804 g/mol. The Hall–Kier alpha value is -5.76. The Morgan fingerprint density at radius 1 is 0.983 bits per heavy atom. The van der Waals surface area contributed by atoms with Gasteiger partial charge in [0.2, 0.25) is 17.4 Å². The van der Waals surface area contributed by atoms with Crippen molar-refractivity contribution in [3.63, 3.8) is 0 Å². The van der Waals surface area contributed by atoms with Crippen molar-refractivity contribution >= 4 is 34.5 Å². The number of nitrogens with one attached hydrogen (secondary N) is 5. The van der Waals surface area contributed by atoms with E-state index < -0.39 is 23.7 Å². The zero-order valence-corrected chi connectivity index (χ0v) is 33.8. The number of aromatic nitrogens is 1. The summed E-state index contributed by atoms with van der Waals surface area (Å²) in [6, 6.07) is 23.2. The fourth-order valence-corrected chi connectivity index (χ4v) is 7.99. The third-order valence-corrected chi connectivity index (χ3v) is 11.3. The molecule has 3 aromatic carbocycles. The number of nitrogens with zero attached hydrogens (tertiary/aromatic N) is 1. The first-order chi connectivity index (χ1) is 28.5. The van der Waals surface area contributed by atoms with Gasteiger partial charge in [-0.3, -0.25) is 14.4 Å². The summed E-state index contributed by atoms with van der Waals surface area (Å²) >= 11 is 0. The first-order valence-corrected chi connectivity index (χ1v) is 20.5. The molecule has 1 fully saturated rings. The molecule has 0 saturated carbocycles. The maximum atomic E-state index is 13.5. The van der Waals surface area contributed by atoms with Gasteiger partial charge in [-0.1, -0.05) is 72.8 Å². The number of hydrogen-bond acceptors (Lipinski definition) is 9. The van der Waals surface area contributed by atoms with E-state index in [4.69, 9.17) is 4.74 Å². The Bertz CT molecular complexity index is 2180. The standard InChI is InChI=1S/C46H56N6O7/c1-31(48-30-39(54)36-16-18-38(53)44-37(36)17-19-42(56)51-44)28-32-10-8-13-34(29-32)49-41(55)15-9-27-52(2)43(57)20-24-46(33-11-4-3-5-12-33)23-7-6-14-40(46)50-45(58)59-35-21-25-47-26-22-35/h3-8,10-14,16-19,23,29,31,35,39-40,47-48,53-54H,9,15,20-22,24-28,30H2,1-2H3,(H,49,55)(H,50,58)(H,51,56)/t31?,39-,40?,46?/m0/s1. The molecule has 1 aliphatic heterocycles. The van der Waals surface area contributed by atoms with Gasteiger partial charge in [-0.15, -0.1) is 0 Å². The Morgan fingerprint density at radius 2 is 1.78 bits per heavy atom. The van der Waals surface area contributed by atoms with Crippen LogP contribution in [0.15, 0.2) is 108 Å². The second kappa shape index (κ2) is 20.3.